The Balaban J connectivity index is 0.000000130. The summed E-state index contributed by atoms with van der Waals surface area (Å²) in [6.07, 6.45) is 0. The molecule has 16 aromatic carbocycles. The van der Waals surface area contributed by atoms with Crippen LogP contribution in [0.2, 0.25) is 0 Å². The van der Waals surface area contributed by atoms with E-state index in [1.54, 1.807) is 0 Å². The molecule has 1 N–H and O–H groups in total. The van der Waals surface area contributed by atoms with Gasteiger partial charge in [0, 0.05) is 71.2 Å². The van der Waals surface area contributed by atoms with Gasteiger partial charge in [0.15, 0.2) is 0 Å². The Labute approximate surface area is 621 Å². The first-order valence-corrected chi connectivity index (χ1v) is 36.5. The first-order valence-electron chi connectivity index (χ1n) is 35.7. The lowest BCUT2D eigenvalue weighted by molar-refractivity contribution is 1.13. The average Bonchev–Trinajstić information content (AvgIpc) is 1.55. The fourth-order valence-electron chi connectivity index (χ4n) is 15.4. The lowest BCUT2D eigenvalue weighted by Crippen LogP contribution is -2.11. The highest BCUT2D eigenvalue weighted by Gasteiger charge is 2.33. The highest BCUT2D eigenvalue weighted by molar-refractivity contribution is 9.10. The number of nitrogens with zero attached hydrogens (tertiary/aromatic N) is 3. The van der Waals surface area contributed by atoms with Crippen molar-refractivity contribution in [2.24, 2.45) is 0 Å². The lowest BCUT2D eigenvalue weighted by Gasteiger charge is -2.28. The van der Waals surface area contributed by atoms with Crippen LogP contribution in [0.25, 0.3) is 139 Å². The number of H-pyrrole nitrogens is 1. The molecule has 20 rings (SSSR count). The summed E-state index contributed by atoms with van der Waals surface area (Å²) in [6, 6.07) is 148. The third-order valence-electron chi connectivity index (χ3n) is 20.2. The van der Waals surface area contributed by atoms with Crippen LogP contribution >= 0.6 is 15.9 Å². The normalized spacial score (nSPS) is 11.6. The Morgan fingerprint density at radius 3 is 0.981 bits per heavy atom. The largest absolute Gasteiger partial charge is 0.354 e. The fourth-order valence-corrected chi connectivity index (χ4v) is 15.6. The van der Waals surface area contributed by atoms with E-state index in [0.717, 1.165) is 49.8 Å². The number of para-hydroxylation sites is 6. The second-order valence-corrected chi connectivity index (χ2v) is 27.4. The molecule has 105 heavy (non-hydrogen) atoms. The summed E-state index contributed by atoms with van der Waals surface area (Å²) in [4.78, 5) is 8.68. The highest BCUT2D eigenvalue weighted by Crippen LogP contribution is 2.57. The zero-order valence-corrected chi connectivity index (χ0v) is 59.1. The molecule has 2 aromatic heterocycles. The molecule has 2 aliphatic heterocycles. The van der Waals surface area contributed by atoms with E-state index in [1.165, 1.54) is 128 Å². The maximum absolute atomic E-state index is 3.77. The molecule has 496 valence electrons. The zero-order valence-electron chi connectivity index (χ0n) is 57.5. The summed E-state index contributed by atoms with van der Waals surface area (Å²) >= 11 is 3.42. The van der Waals surface area contributed by atoms with E-state index < -0.39 is 0 Å². The minimum Gasteiger partial charge on any atom is -0.354 e. The number of fused-ring (bicyclic) bond motifs is 14. The zero-order chi connectivity index (χ0) is 70.0. The van der Waals surface area contributed by atoms with Crippen LogP contribution in [0, 0.1) is 0 Å². The number of halogens is 1. The van der Waals surface area contributed by atoms with Crippen LogP contribution in [-0.2, 0) is 0 Å². The first-order chi connectivity index (χ1) is 52.0. The topological polar surface area (TPSA) is 27.2 Å². The van der Waals surface area contributed by atoms with Crippen LogP contribution < -0.4 is 9.80 Å². The summed E-state index contributed by atoms with van der Waals surface area (Å²) in [6.45, 7) is 0. The summed E-state index contributed by atoms with van der Waals surface area (Å²) < 4.78 is 3.58. The van der Waals surface area contributed by atoms with E-state index in [1.807, 2.05) is 6.07 Å². The van der Waals surface area contributed by atoms with Crippen LogP contribution in [0.1, 0.15) is 0 Å². The van der Waals surface area contributed by atoms with Gasteiger partial charge < -0.3 is 19.4 Å². The van der Waals surface area contributed by atoms with Crippen LogP contribution in [0.5, 0.6) is 0 Å². The molecular formula is C100H69BrN4. The molecule has 18 aromatic rings. The maximum Gasteiger partial charge on any atom is 0.0641 e. The minimum atomic E-state index is 1.12. The van der Waals surface area contributed by atoms with Crippen LogP contribution in [0.15, 0.2) is 417 Å². The Hall–Kier alpha value is -13.3. The molecule has 4 heterocycles. The van der Waals surface area contributed by atoms with Crippen molar-refractivity contribution in [3.8, 4) is 117 Å². The third-order valence-corrected chi connectivity index (χ3v) is 20.7. The predicted octanol–water partition coefficient (Wildman–Crippen LogP) is 28.5. The van der Waals surface area contributed by atoms with Gasteiger partial charge >= 0.3 is 0 Å². The molecule has 0 amide bonds. The third kappa shape index (κ3) is 12.3. The summed E-state index contributed by atoms with van der Waals surface area (Å²) in [7, 11) is 0. The molecule has 5 heteroatoms. The van der Waals surface area contributed by atoms with Crippen molar-refractivity contribution in [3.63, 3.8) is 0 Å². The van der Waals surface area contributed by atoms with Gasteiger partial charge in [0.25, 0.3) is 0 Å². The van der Waals surface area contributed by atoms with Gasteiger partial charge in [-0.2, -0.15) is 0 Å². The quantitative estimate of drug-likeness (QED) is 0.156. The standard InChI is InChI=1S/C50H34N2.C38H26N2.C12H9Br/c1-4-16-35(17-5-1)38-28-30-41(31-29-38)52-47-26-14-11-23-44(47)49-43-22-10-13-25-46(43)51(48-27-15-12-24-45(48)50(49)52)42-33-39(36-18-6-2-7-19-36)32-40(34-42)37-20-8-3-9-21-37;1-3-13-26(14-4-1)28-23-29(27-15-5-2-6-16-27)25-30(24-28)40-35-21-11-8-18-32(35)37-31-17-7-10-20-34(31)39-38(37)33-19-9-12-22-36(33)40;13-12-8-6-11(7-9-12)10-4-2-1-3-5-10/h1-34H;1-25,39H;1-9H. The average molecular weight is 1410 g/mol. The number of hydrogen-bond donors (Lipinski definition) is 1. The monoisotopic (exact) mass is 1400 g/mol. The Morgan fingerprint density at radius 1 is 0.219 bits per heavy atom. The highest BCUT2D eigenvalue weighted by atomic mass is 79.9. The Kier molecular flexibility index (Phi) is 17.2. The van der Waals surface area contributed by atoms with Crippen molar-refractivity contribution in [2.75, 3.05) is 9.80 Å². The number of hydrogen-bond acceptors (Lipinski definition) is 2. The smallest absolute Gasteiger partial charge is 0.0641 e. The SMILES string of the molecule is Brc1ccc(-c2ccccc2)cc1.c1ccc(-c2cc(-c3ccccc3)cc(N3c4ccccc4-c4[nH]c5ccccc5c4-c4ccccc43)c2)cc1.c1ccc(-c2ccc(-n3c4c(c5ccccc53)-c3ccccc3N(c3cc(-c5ccccc5)cc(-c5ccccc5)c3)c3ccccc3-4)cc2)cc1. The molecule has 0 spiro atoms. The van der Waals surface area contributed by atoms with E-state index in [-0.39, 0.29) is 0 Å². The second-order valence-electron chi connectivity index (χ2n) is 26.5. The van der Waals surface area contributed by atoms with E-state index in [0.29, 0.717) is 0 Å². The molecule has 0 unspecified atom stereocenters. The van der Waals surface area contributed by atoms with Crippen molar-refractivity contribution in [3.05, 3.63) is 417 Å². The van der Waals surface area contributed by atoms with Crippen molar-refractivity contribution in [2.45, 2.75) is 0 Å². The lowest BCUT2D eigenvalue weighted by atomic mass is 9.97. The number of aromatic amines is 1. The van der Waals surface area contributed by atoms with Crippen LogP contribution in [0.3, 0.4) is 0 Å². The molecule has 0 saturated carbocycles. The molecule has 0 saturated heterocycles. The van der Waals surface area contributed by atoms with Crippen molar-refractivity contribution in [1.29, 1.82) is 0 Å². The van der Waals surface area contributed by atoms with E-state index in [9.17, 15) is 0 Å². The number of rotatable bonds is 9. The van der Waals surface area contributed by atoms with E-state index in [2.05, 4.69) is 442 Å². The number of anilines is 6. The van der Waals surface area contributed by atoms with Gasteiger partial charge in [0.1, 0.15) is 0 Å². The minimum absolute atomic E-state index is 1.12. The Bertz CT molecular complexity index is 6010. The van der Waals surface area contributed by atoms with Crippen molar-refractivity contribution < 1.29 is 0 Å². The van der Waals surface area contributed by atoms with Gasteiger partial charge in [0.2, 0.25) is 0 Å². The number of aromatic nitrogens is 2. The van der Waals surface area contributed by atoms with E-state index >= 15 is 0 Å². The second kappa shape index (κ2) is 28.2. The fraction of sp³-hybridized carbons (Fsp3) is 0. The van der Waals surface area contributed by atoms with Crippen molar-refractivity contribution >= 4 is 71.9 Å². The molecule has 0 radical (unpaired) electrons. The van der Waals surface area contributed by atoms with Gasteiger partial charge in [-0.3, -0.25) is 0 Å². The summed E-state index contributed by atoms with van der Waals surface area (Å²) in [5, 5.41) is 2.47. The predicted molar refractivity (Wildman–Crippen MR) is 447 cm³/mol. The molecule has 0 aliphatic carbocycles. The number of benzene rings is 16. The van der Waals surface area contributed by atoms with Gasteiger partial charge in [-0.1, -0.05) is 331 Å². The maximum atomic E-state index is 3.77. The molecule has 2 aliphatic rings. The van der Waals surface area contributed by atoms with Crippen LogP contribution in [-0.4, -0.2) is 9.55 Å². The summed E-state index contributed by atoms with van der Waals surface area (Å²) in [5.41, 5.74) is 34.5. The van der Waals surface area contributed by atoms with Crippen LogP contribution in [0.4, 0.5) is 34.1 Å². The van der Waals surface area contributed by atoms with Gasteiger partial charge in [0.05, 0.1) is 39.7 Å². The van der Waals surface area contributed by atoms with Gasteiger partial charge in [-0.25, -0.2) is 0 Å². The van der Waals surface area contributed by atoms with Gasteiger partial charge in [-0.05, 0) is 164 Å². The molecule has 0 bridgehead atoms. The molecule has 0 fully saturated rings. The summed E-state index contributed by atoms with van der Waals surface area (Å²) in [5.74, 6) is 0. The molecular weight excluding hydrogens is 1340 g/mol. The molecule has 4 nitrogen and oxygen atoms in total. The number of nitrogens with one attached hydrogen (secondary N) is 1. The first kappa shape index (κ1) is 63.8. The molecule has 0 atom stereocenters. The van der Waals surface area contributed by atoms with Crippen molar-refractivity contribution in [1.82, 2.24) is 9.55 Å². The van der Waals surface area contributed by atoms with Gasteiger partial charge in [-0.15, -0.1) is 0 Å². The van der Waals surface area contributed by atoms with E-state index in [4.69, 9.17) is 0 Å². The Morgan fingerprint density at radius 2 is 0.533 bits per heavy atom.